The van der Waals surface area contributed by atoms with Crippen molar-refractivity contribution >= 4 is 40.3 Å². The summed E-state index contributed by atoms with van der Waals surface area (Å²) in [7, 11) is 0. The van der Waals surface area contributed by atoms with Crippen molar-refractivity contribution in [1.29, 1.82) is 0 Å². The highest BCUT2D eigenvalue weighted by molar-refractivity contribution is 8.26. The van der Waals surface area contributed by atoms with Crippen LogP contribution in [0.15, 0.2) is 29.3 Å². The molecule has 2 aromatic rings. The van der Waals surface area contributed by atoms with E-state index in [1.807, 2.05) is 52.1 Å². The summed E-state index contributed by atoms with van der Waals surface area (Å²) in [6.45, 7) is 8.65. The third-order valence-electron chi connectivity index (χ3n) is 4.07. The maximum atomic E-state index is 12.4. The van der Waals surface area contributed by atoms with Gasteiger partial charge in [0.1, 0.15) is 10.1 Å². The zero-order valence-electron chi connectivity index (χ0n) is 14.2. The lowest BCUT2D eigenvalue weighted by molar-refractivity contribution is -0.121. The average molecular weight is 358 g/mol. The number of rotatable bonds is 3. The molecule has 3 heterocycles. The summed E-state index contributed by atoms with van der Waals surface area (Å²) in [5.41, 5.74) is 4.29. The van der Waals surface area contributed by atoms with Crippen LogP contribution in [0.2, 0.25) is 0 Å². The van der Waals surface area contributed by atoms with Gasteiger partial charge in [0.05, 0.1) is 4.91 Å². The van der Waals surface area contributed by atoms with Gasteiger partial charge in [-0.05, 0) is 57.0 Å². The Hall–Kier alpha value is -1.92. The monoisotopic (exact) mass is 357 g/mol. The Labute approximate surface area is 151 Å². The van der Waals surface area contributed by atoms with Crippen molar-refractivity contribution in [2.45, 2.75) is 27.7 Å². The van der Waals surface area contributed by atoms with Gasteiger partial charge in [0, 0.05) is 24.1 Å². The molecule has 0 bridgehead atoms. The van der Waals surface area contributed by atoms with Gasteiger partial charge in [-0.15, -0.1) is 0 Å². The number of nitrogens with zero attached hydrogens (tertiary/aromatic N) is 3. The lowest BCUT2D eigenvalue weighted by atomic mass is 10.2. The average Bonchev–Trinajstić information content (AvgIpc) is 2.97. The lowest BCUT2D eigenvalue weighted by Crippen LogP contribution is -2.27. The van der Waals surface area contributed by atoms with Crippen molar-refractivity contribution < 1.29 is 4.79 Å². The van der Waals surface area contributed by atoms with E-state index in [-0.39, 0.29) is 5.91 Å². The topological polar surface area (TPSA) is 38.1 Å². The second-order valence-corrected chi connectivity index (χ2v) is 7.46. The fraction of sp³-hybridized carbons (Fsp3) is 0.278. The number of thiocarbonyl (C=S) groups is 1. The molecule has 0 radical (unpaired) electrons. The third kappa shape index (κ3) is 2.91. The van der Waals surface area contributed by atoms with Crippen LogP contribution in [0.25, 0.3) is 11.9 Å². The zero-order valence-corrected chi connectivity index (χ0v) is 15.8. The van der Waals surface area contributed by atoms with Crippen molar-refractivity contribution in [2.24, 2.45) is 0 Å². The van der Waals surface area contributed by atoms with Gasteiger partial charge < -0.3 is 4.57 Å². The number of amides is 1. The van der Waals surface area contributed by atoms with Crippen molar-refractivity contribution in [3.8, 4) is 5.82 Å². The predicted molar refractivity (Wildman–Crippen MR) is 103 cm³/mol. The number of carbonyl (C=O) groups excluding carboxylic acids is 1. The molecule has 1 aliphatic heterocycles. The molecule has 2 aromatic heterocycles. The maximum Gasteiger partial charge on any atom is 0.266 e. The van der Waals surface area contributed by atoms with Crippen LogP contribution in [0.1, 0.15) is 29.4 Å². The van der Waals surface area contributed by atoms with E-state index in [1.54, 1.807) is 4.90 Å². The van der Waals surface area contributed by atoms with Crippen LogP contribution in [-0.2, 0) is 4.79 Å². The summed E-state index contributed by atoms with van der Waals surface area (Å²) in [6, 6.07) is 6.14. The van der Waals surface area contributed by atoms with E-state index in [1.165, 1.54) is 11.8 Å². The molecule has 4 nitrogen and oxygen atoms in total. The molecule has 1 aliphatic rings. The first-order valence-corrected chi connectivity index (χ1v) is 9.02. The number of hydrogen-bond donors (Lipinski definition) is 0. The molecule has 1 saturated heterocycles. The third-order valence-corrected chi connectivity index (χ3v) is 5.45. The van der Waals surface area contributed by atoms with E-state index in [0.717, 1.165) is 28.3 Å². The van der Waals surface area contributed by atoms with E-state index in [4.69, 9.17) is 12.2 Å². The van der Waals surface area contributed by atoms with E-state index in [0.29, 0.717) is 15.8 Å². The molecule has 0 aromatic carbocycles. The molecule has 1 fully saturated rings. The Morgan fingerprint density at radius 2 is 2.04 bits per heavy atom. The van der Waals surface area contributed by atoms with Gasteiger partial charge >= 0.3 is 0 Å². The summed E-state index contributed by atoms with van der Waals surface area (Å²) in [5, 5.41) is 0. The zero-order chi connectivity index (χ0) is 17.4. The summed E-state index contributed by atoms with van der Waals surface area (Å²) in [5.74, 6) is 0.877. The van der Waals surface area contributed by atoms with Gasteiger partial charge in [0.2, 0.25) is 0 Å². The molecule has 0 aliphatic carbocycles. The first-order chi connectivity index (χ1) is 11.4. The van der Waals surface area contributed by atoms with Gasteiger partial charge in [-0.2, -0.15) is 0 Å². The molecular weight excluding hydrogens is 338 g/mol. The van der Waals surface area contributed by atoms with Crippen molar-refractivity contribution in [2.75, 3.05) is 6.54 Å². The normalized spacial score (nSPS) is 16.5. The van der Waals surface area contributed by atoms with Gasteiger partial charge in [-0.25, -0.2) is 4.98 Å². The second-order valence-electron chi connectivity index (χ2n) is 5.78. The number of aromatic nitrogens is 2. The molecule has 6 heteroatoms. The molecular formula is C18H19N3OS2. The molecule has 0 unspecified atom stereocenters. The summed E-state index contributed by atoms with van der Waals surface area (Å²) >= 11 is 6.64. The lowest BCUT2D eigenvalue weighted by Gasteiger charge is -2.09. The maximum absolute atomic E-state index is 12.4. The minimum Gasteiger partial charge on any atom is -0.303 e. The van der Waals surface area contributed by atoms with Crippen molar-refractivity contribution in [3.05, 3.63) is 51.8 Å². The Morgan fingerprint density at radius 3 is 2.62 bits per heavy atom. The summed E-state index contributed by atoms with van der Waals surface area (Å²) in [4.78, 5) is 19.2. The van der Waals surface area contributed by atoms with Gasteiger partial charge in [-0.1, -0.05) is 30.0 Å². The number of carbonyl (C=O) groups is 1. The van der Waals surface area contributed by atoms with Crippen LogP contribution in [0.3, 0.4) is 0 Å². The molecule has 0 atom stereocenters. The van der Waals surface area contributed by atoms with Gasteiger partial charge in [0.25, 0.3) is 5.91 Å². The van der Waals surface area contributed by atoms with E-state index in [2.05, 4.69) is 15.6 Å². The molecule has 1 amide bonds. The number of pyridine rings is 1. The number of likely N-dealkylation sites (N-methyl/N-ethyl adjacent to an activating group) is 1. The Balaban J connectivity index is 2.01. The highest BCUT2D eigenvalue weighted by atomic mass is 32.2. The van der Waals surface area contributed by atoms with Crippen molar-refractivity contribution in [1.82, 2.24) is 14.5 Å². The van der Waals surface area contributed by atoms with Crippen LogP contribution >= 0.6 is 24.0 Å². The highest BCUT2D eigenvalue weighted by Gasteiger charge is 2.30. The molecule has 24 heavy (non-hydrogen) atoms. The standard InChI is InChI=1S/C18H19N3OS2/c1-5-20-17(22)15(24-18(20)23)9-14-8-12(3)21(13(14)4)16-7-6-11(2)10-19-16/h6-10H,5H2,1-4H3/b15-9-. The summed E-state index contributed by atoms with van der Waals surface area (Å²) < 4.78 is 2.73. The Kier molecular flexibility index (Phi) is 4.60. The first-order valence-electron chi connectivity index (χ1n) is 7.79. The largest absolute Gasteiger partial charge is 0.303 e. The first kappa shape index (κ1) is 16.9. The number of hydrogen-bond acceptors (Lipinski definition) is 4. The van der Waals surface area contributed by atoms with Crippen LogP contribution in [0.5, 0.6) is 0 Å². The Morgan fingerprint density at radius 1 is 1.29 bits per heavy atom. The predicted octanol–water partition coefficient (Wildman–Crippen LogP) is 4.02. The van der Waals surface area contributed by atoms with Crippen LogP contribution in [0, 0.1) is 20.8 Å². The minimum atomic E-state index is -0.00855. The molecule has 0 spiro atoms. The smallest absolute Gasteiger partial charge is 0.266 e. The molecule has 3 rings (SSSR count). The number of thioether (sulfide) groups is 1. The highest BCUT2D eigenvalue weighted by Crippen LogP contribution is 2.33. The van der Waals surface area contributed by atoms with Crippen LogP contribution in [-0.4, -0.2) is 31.2 Å². The van der Waals surface area contributed by atoms with Crippen molar-refractivity contribution in [3.63, 3.8) is 0 Å². The molecule has 124 valence electrons. The second kappa shape index (κ2) is 6.53. The number of aryl methyl sites for hydroxylation is 2. The molecule has 0 saturated carbocycles. The fourth-order valence-corrected chi connectivity index (χ4v) is 4.17. The quantitative estimate of drug-likeness (QED) is 0.614. The van der Waals surface area contributed by atoms with Gasteiger partial charge in [0.15, 0.2) is 0 Å². The fourth-order valence-electron chi connectivity index (χ4n) is 2.79. The molecule has 0 N–H and O–H groups in total. The van der Waals surface area contributed by atoms with E-state index >= 15 is 0 Å². The minimum absolute atomic E-state index is 0.00855. The van der Waals surface area contributed by atoms with E-state index in [9.17, 15) is 4.79 Å². The van der Waals surface area contributed by atoms with E-state index < -0.39 is 0 Å². The van der Waals surface area contributed by atoms with Crippen LogP contribution in [0.4, 0.5) is 0 Å². The van der Waals surface area contributed by atoms with Gasteiger partial charge in [-0.3, -0.25) is 9.69 Å². The van der Waals surface area contributed by atoms with Crippen LogP contribution < -0.4 is 0 Å². The summed E-state index contributed by atoms with van der Waals surface area (Å²) in [6.07, 6.45) is 3.79. The Bertz CT molecular complexity index is 850. The SMILES string of the molecule is CCN1C(=O)/C(=C/c2cc(C)n(-c3ccc(C)cn3)c2C)SC1=S.